The lowest BCUT2D eigenvalue weighted by Crippen LogP contribution is -2.30. The Balaban J connectivity index is 2.23. The summed E-state index contributed by atoms with van der Waals surface area (Å²) >= 11 is 9.67. The molecule has 1 unspecified atom stereocenters. The Bertz CT molecular complexity index is 585. The minimum absolute atomic E-state index is 0.0948. The minimum atomic E-state index is 0.0948. The van der Waals surface area contributed by atoms with Crippen molar-refractivity contribution < 1.29 is 4.42 Å². The van der Waals surface area contributed by atoms with E-state index < -0.39 is 0 Å². The van der Waals surface area contributed by atoms with E-state index in [1.54, 1.807) is 6.26 Å². The topological polar surface area (TPSA) is 42.4 Å². The normalized spacial score (nSPS) is 12.9. The molecule has 0 fully saturated rings. The predicted octanol–water partition coefficient (Wildman–Crippen LogP) is 4.14. The lowest BCUT2D eigenvalue weighted by Gasteiger charge is -2.28. The molecule has 0 saturated heterocycles. The summed E-state index contributed by atoms with van der Waals surface area (Å²) in [6.45, 7) is 3.27. The van der Waals surface area contributed by atoms with Gasteiger partial charge < -0.3 is 10.2 Å². The molecule has 2 N–H and O–H groups in total. The first kappa shape index (κ1) is 15.6. The summed E-state index contributed by atoms with van der Waals surface area (Å²) < 4.78 is 6.36. The smallest absolute Gasteiger partial charge is 0.105 e. The van der Waals surface area contributed by atoms with E-state index in [-0.39, 0.29) is 6.04 Å². The van der Waals surface area contributed by atoms with Gasteiger partial charge >= 0.3 is 0 Å². The van der Waals surface area contributed by atoms with Crippen molar-refractivity contribution >= 4 is 27.5 Å². The van der Waals surface area contributed by atoms with Gasteiger partial charge in [-0.2, -0.15) is 0 Å². The average molecular weight is 358 g/mol. The van der Waals surface area contributed by atoms with Crippen molar-refractivity contribution in [1.82, 2.24) is 4.90 Å². The first-order valence-electron chi connectivity index (χ1n) is 6.41. The molecule has 0 bridgehead atoms. The van der Waals surface area contributed by atoms with Crippen LogP contribution in [0.15, 0.2) is 39.4 Å². The molecule has 1 aromatic carbocycles. The maximum Gasteiger partial charge on any atom is 0.105 e. The van der Waals surface area contributed by atoms with E-state index in [9.17, 15) is 0 Å². The van der Waals surface area contributed by atoms with Crippen LogP contribution in [-0.2, 0) is 6.54 Å². The Morgan fingerprint density at radius 2 is 2.15 bits per heavy atom. The Kier molecular flexibility index (Phi) is 5.27. The number of hydrogen-bond acceptors (Lipinski definition) is 3. The zero-order valence-corrected chi connectivity index (χ0v) is 13.9. The second-order valence-electron chi connectivity index (χ2n) is 4.83. The van der Waals surface area contributed by atoms with E-state index in [4.69, 9.17) is 21.8 Å². The van der Waals surface area contributed by atoms with Gasteiger partial charge in [-0.3, -0.25) is 4.90 Å². The third kappa shape index (κ3) is 3.44. The summed E-state index contributed by atoms with van der Waals surface area (Å²) in [6.07, 6.45) is 1.71. The van der Waals surface area contributed by atoms with Crippen LogP contribution >= 0.6 is 27.5 Å². The summed E-state index contributed by atoms with van der Waals surface area (Å²) in [5, 5.41) is 0.717. The van der Waals surface area contributed by atoms with Crippen molar-refractivity contribution in [3.05, 3.63) is 56.9 Å². The van der Waals surface area contributed by atoms with Gasteiger partial charge in [0.15, 0.2) is 0 Å². The fraction of sp³-hybridized carbons (Fsp3) is 0.333. The Hall–Kier alpha value is -0.810. The van der Waals surface area contributed by atoms with Crippen molar-refractivity contribution in [3.8, 4) is 0 Å². The van der Waals surface area contributed by atoms with Crippen LogP contribution in [0.5, 0.6) is 0 Å². The van der Waals surface area contributed by atoms with Crippen molar-refractivity contribution in [3.63, 3.8) is 0 Å². The van der Waals surface area contributed by atoms with E-state index >= 15 is 0 Å². The Labute approximate surface area is 132 Å². The zero-order chi connectivity index (χ0) is 14.7. The molecule has 1 atom stereocenters. The molecule has 2 aromatic rings. The first-order valence-corrected chi connectivity index (χ1v) is 7.58. The van der Waals surface area contributed by atoms with Gasteiger partial charge in [-0.25, -0.2) is 0 Å². The summed E-state index contributed by atoms with van der Waals surface area (Å²) in [7, 11) is 2.05. The molecule has 0 aliphatic rings. The summed E-state index contributed by atoms with van der Waals surface area (Å²) in [4.78, 5) is 2.20. The lowest BCUT2D eigenvalue weighted by atomic mass is 10.1. The Morgan fingerprint density at radius 3 is 2.75 bits per heavy atom. The number of nitrogens with two attached hydrogens (primary N) is 1. The number of benzene rings is 1. The molecule has 0 saturated carbocycles. The lowest BCUT2D eigenvalue weighted by molar-refractivity contribution is 0.239. The molecule has 20 heavy (non-hydrogen) atoms. The van der Waals surface area contributed by atoms with Crippen molar-refractivity contribution in [2.75, 3.05) is 13.6 Å². The molecule has 0 amide bonds. The molecule has 5 heteroatoms. The molecular formula is C15H18BrClN2O. The van der Waals surface area contributed by atoms with Gasteiger partial charge in [-0.05, 0) is 43.8 Å². The third-order valence-corrected chi connectivity index (χ3v) is 4.42. The quantitative estimate of drug-likeness (QED) is 0.874. The highest BCUT2D eigenvalue weighted by atomic mass is 79.9. The molecule has 0 aliphatic carbocycles. The Morgan fingerprint density at radius 1 is 1.40 bits per heavy atom. The number of hydrogen-bond donors (Lipinski definition) is 1. The van der Waals surface area contributed by atoms with Gasteiger partial charge in [-0.1, -0.05) is 27.5 Å². The van der Waals surface area contributed by atoms with Crippen LogP contribution < -0.4 is 5.73 Å². The van der Waals surface area contributed by atoms with Crippen LogP contribution in [0.2, 0.25) is 5.02 Å². The number of rotatable bonds is 5. The molecule has 3 nitrogen and oxygen atoms in total. The van der Waals surface area contributed by atoms with Crippen LogP contribution in [0.3, 0.4) is 0 Å². The van der Waals surface area contributed by atoms with Crippen molar-refractivity contribution in [2.24, 2.45) is 5.73 Å². The second kappa shape index (κ2) is 6.76. The monoisotopic (exact) mass is 356 g/mol. The van der Waals surface area contributed by atoms with E-state index in [0.29, 0.717) is 6.54 Å². The molecule has 2 rings (SSSR count). The van der Waals surface area contributed by atoms with Gasteiger partial charge in [0.1, 0.15) is 5.76 Å². The molecule has 108 valence electrons. The first-order chi connectivity index (χ1) is 9.52. The number of nitrogens with zero attached hydrogens (tertiary/aromatic N) is 1. The van der Waals surface area contributed by atoms with Crippen LogP contribution in [0, 0.1) is 6.92 Å². The molecular weight excluding hydrogens is 340 g/mol. The van der Waals surface area contributed by atoms with E-state index in [1.807, 2.05) is 31.2 Å². The van der Waals surface area contributed by atoms with E-state index in [2.05, 4.69) is 27.9 Å². The van der Waals surface area contributed by atoms with Gasteiger partial charge in [-0.15, -0.1) is 0 Å². The highest BCUT2D eigenvalue weighted by Crippen LogP contribution is 2.30. The van der Waals surface area contributed by atoms with Crippen LogP contribution in [0.4, 0.5) is 0 Å². The predicted molar refractivity (Wildman–Crippen MR) is 85.9 cm³/mol. The number of likely N-dealkylation sites (N-methyl/N-ethyl adjacent to an activating group) is 1. The third-order valence-electron chi connectivity index (χ3n) is 3.46. The zero-order valence-electron chi connectivity index (χ0n) is 11.6. The molecule has 1 heterocycles. The van der Waals surface area contributed by atoms with Crippen LogP contribution in [0.25, 0.3) is 0 Å². The van der Waals surface area contributed by atoms with Gasteiger partial charge in [0.2, 0.25) is 0 Å². The number of furan rings is 1. The average Bonchev–Trinajstić information content (AvgIpc) is 2.80. The standard InChI is InChI=1S/C15H18BrClN2O/c1-10-11(5-6-20-10)9-19(2)15(8-18)13-7-12(17)3-4-14(13)16/h3-7,15H,8-9,18H2,1-2H3. The van der Waals surface area contributed by atoms with Gasteiger partial charge in [0.05, 0.1) is 6.26 Å². The van der Waals surface area contributed by atoms with E-state index in [1.165, 1.54) is 5.56 Å². The maximum absolute atomic E-state index is 6.10. The maximum atomic E-state index is 6.10. The summed E-state index contributed by atoms with van der Waals surface area (Å²) in [6, 6.07) is 7.87. The van der Waals surface area contributed by atoms with Gasteiger partial charge in [0.25, 0.3) is 0 Å². The number of aryl methyl sites for hydroxylation is 1. The van der Waals surface area contributed by atoms with Crippen molar-refractivity contribution in [1.29, 1.82) is 0 Å². The molecule has 0 spiro atoms. The second-order valence-corrected chi connectivity index (χ2v) is 6.13. The fourth-order valence-corrected chi connectivity index (χ4v) is 2.96. The molecule has 0 aliphatic heterocycles. The van der Waals surface area contributed by atoms with Crippen LogP contribution in [0.1, 0.15) is 22.9 Å². The van der Waals surface area contributed by atoms with E-state index in [0.717, 1.165) is 27.4 Å². The number of halogens is 2. The highest BCUT2D eigenvalue weighted by Gasteiger charge is 2.19. The van der Waals surface area contributed by atoms with Crippen LogP contribution in [-0.4, -0.2) is 18.5 Å². The summed E-state index contributed by atoms with van der Waals surface area (Å²) in [5.74, 6) is 0.942. The molecule has 0 radical (unpaired) electrons. The fourth-order valence-electron chi connectivity index (χ4n) is 2.27. The SMILES string of the molecule is Cc1occc1CN(C)C(CN)c1cc(Cl)ccc1Br. The van der Waals surface area contributed by atoms with Gasteiger partial charge in [0, 0.05) is 34.2 Å². The minimum Gasteiger partial charge on any atom is -0.469 e. The summed E-state index contributed by atoms with van der Waals surface area (Å²) in [5.41, 5.74) is 8.23. The molecule has 1 aromatic heterocycles. The highest BCUT2D eigenvalue weighted by molar-refractivity contribution is 9.10. The van der Waals surface area contributed by atoms with Crippen molar-refractivity contribution in [2.45, 2.75) is 19.5 Å². The largest absolute Gasteiger partial charge is 0.469 e.